The second kappa shape index (κ2) is 12.6. The highest BCUT2D eigenvalue weighted by molar-refractivity contribution is 7.99. The number of nitrogens with zero attached hydrogens (tertiary/aromatic N) is 5. The molecule has 0 bridgehead atoms. The molecule has 3 aromatic carbocycles. The van der Waals surface area contributed by atoms with Crippen molar-refractivity contribution in [2.24, 2.45) is 0 Å². The molecule has 3 heterocycles. The van der Waals surface area contributed by atoms with Gasteiger partial charge >= 0.3 is 0 Å². The molecule has 0 aliphatic heterocycles. The van der Waals surface area contributed by atoms with E-state index in [1.807, 2.05) is 89.4 Å². The average Bonchev–Trinajstić information content (AvgIpc) is 3.72. The van der Waals surface area contributed by atoms with Gasteiger partial charge in [0, 0.05) is 22.2 Å². The van der Waals surface area contributed by atoms with E-state index in [-0.39, 0.29) is 5.56 Å². The zero-order valence-corrected chi connectivity index (χ0v) is 24.9. The van der Waals surface area contributed by atoms with Gasteiger partial charge in [-0.3, -0.25) is 4.79 Å². The van der Waals surface area contributed by atoms with Crippen LogP contribution in [0.3, 0.4) is 0 Å². The summed E-state index contributed by atoms with van der Waals surface area (Å²) in [5.41, 5.74) is 4.39. The Balaban J connectivity index is 1.34. The summed E-state index contributed by atoms with van der Waals surface area (Å²) in [6, 6.07) is 26.2. The molecule has 0 aliphatic rings. The molecular weight excluding hydrogens is 563 g/mol. The summed E-state index contributed by atoms with van der Waals surface area (Å²) in [6.45, 7) is 2.21. The Kier molecular flexibility index (Phi) is 8.30. The molecule has 7 nitrogen and oxygen atoms in total. The Labute approximate surface area is 251 Å². The fourth-order valence-corrected chi connectivity index (χ4v) is 6.32. The van der Waals surface area contributed by atoms with E-state index in [0.717, 1.165) is 39.6 Å². The van der Waals surface area contributed by atoms with Crippen LogP contribution in [0.5, 0.6) is 5.75 Å². The first kappa shape index (κ1) is 27.7. The van der Waals surface area contributed by atoms with Crippen LogP contribution in [0.25, 0.3) is 40.1 Å². The number of hydrogen-bond donors (Lipinski definition) is 0. The normalized spacial score (nSPS) is 12.1. The summed E-state index contributed by atoms with van der Waals surface area (Å²) >= 11 is 3.19. The predicted molar refractivity (Wildman–Crippen MR) is 172 cm³/mol. The van der Waals surface area contributed by atoms with Crippen LogP contribution in [-0.2, 0) is 0 Å². The van der Waals surface area contributed by atoms with Gasteiger partial charge in [0.05, 0.1) is 23.0 Å². The molecule has 0 saturated carbocycles. The molecule has 0 atom stereocenters. The minimum atomic E-state index is -0.201. The van der Waals surface area contributed by atoms with E-state index >= 15 is 0 Å². The predicted octanol–water partition coefficient (Wildman–Crippen LogP) is 6.62. The molecule has 6 aromatic rings. The Hall–Kier alpha value is -4.47. The molecule has 0 amide bonds. The van der Waals surface area contributed by atoms with Gasteiger partial charge in [0.1, 0.15) is 5.75 Å². The largest absolute Gasteiger partial charge is 0.497 e. The Bertz CT molecular complexity index is 1940. The molecule has 0 unspecified atom stereocenters. The van der Waals surface area contributed by atoms with Crippen LogP contribution in [0.15, 0.2) is 94.7 Å². The first-order valence-corrected chi connectivity index (χ1v) is 15.5. The molecule has 6 rings (SSSR count). The van der Waals surface area contributed by atoms with Crippen LogP contribution in [0, 0.1) is 0 Å². The summed E-state index contributed by atoms with van der Waals surface area (Å²) in [5, 5.41) is 9.37. The van der Waals surface area contributed by atoms with Gasteiger partial charge in [-0.25, -0.2) is 4.68 Å². The average molecular weight is 592 g/mol. The molecule has 42 heavy (non-hydrogen) atoms. The van der Waals surface area contributed by atoms with Crippen molar-refractivity contribution in [3.05, 3.63) is 117 Å². The minimum Gasteiger partial charge on any atom is -0.497 e. The van der Waals surface area contributed by atoms with Crippen molar-refractivity contribution in [3.63, 3.8) is 0 Å². The SMILES string of the molecule is CCCCSc1ccc(-c2nn(-c3ccccc3)cc2/C=c2\sc3nc(/C=C/c4ccc(OC)cc4)nn3c2=O)cc1. The maximum absolute atomic E-state index is 13.4. The van der Waals surface area contributed by atoms with Gasteiger partial charge in [-0.1, -0.05) is 73.2 Å². The number of unbranched alkanes of at least 4 members (excludes halogenated alkanes) is 1. The molecule has 210 valence electrons. The van der Waals surface area contributed by atoms with Gasteiger partial charge in [-0.2, -0.15) is 14.6 Å². The second-order valence-corrected chi connectivity index (χ2v) is 11.8. The fraction of sp³-hybridized carbons (Fsp3) is 0.152. The lowest BCUT2D eigenvalue weighted by Gasteiger charge is -2.03. The van der Waals surface area contributed by atoms with Crippen molar-refractivity contribution in [3.8, 4) is 22.7 Å². The third-order valence-corrected chi connectivity index (χ3v) is 8.74. The lowest BCUT2D eigenvalue weighted by atomic mass is 10.1. The molecule has 0 fully saturated rings. The Morgan fingerprint density at radius 3 is 2.45 bits per heavy atom. The van der Waals surface area contributed by atoms with E-state index in [2.05, 4.69) is 41.3 Å². The summed E-state index contributed by atoms with van der Waals surface area (Å²) in [5.74, 6) is 2.38. The van der Waals surface area contributed by atoms with E-state index in [9.17, 15) is 4.79 Å². The van der Waals surface area contributed by atoms with Crippen molar-refractivity contribution in [2.45, 2.75) is 24.7 Å². The number of para-hydroxylation sites is 1. The van der Waals surface area contributed by atoms with E-state index in [1.165, 1.54) is 33.6 Å². The van der Waals surface area contributed by atoms with Crippen LogP contribution in [0.4, 0.5) is 0 Å². The highest BCUT2D eigenvalue weighted by Gasteiger charge is 2.14. The number of fused-ring (bicyclic) bond motifs is 1. The lowest BCUT2D eigenvalue weighted by Crippen LogP contribution is -2.23. The first-order valence-electron chi connectivity index (χ1n) is 13.7. The Morgan fingerprint density at radius 2 is 1.74 bits per heavy atom. The number of ether oxygens (including phenoxy) is 1. The summed E-state index contributed by atoms with van der Waals surface area (Å²) in [7, 11) is 1.64. The summed E-state index contributed by atoms with van der Waals surface area (Å²) in [4.78, 5) is 19.7. The van der Waals surface area contributed by atoms with Crippen LogP contribution in [0.1, 0.15) is 36.7 Å². The van der Waals surface area contributed by atoms with Gasteiger partial charge < -0.3 is 4.74 Å². The van der Waals surface area contributed by atoms with Crippen LogP contribution in [0.2, 0.25) is 0 Å². The number of hydrogen-bond acceptors (Lipinski definition) is 7. The molecule has 0 saturated heterocycles. The maximum Gasteiger partial charge on any atom is 0.291 e. The van der Waals surface area contributed by atoms with Gasteiger partial charge in [0.15, 0.2) is 5.82 Å². The fourth-order valence-electron chi connectivity index (χ4n) is 4.42. The van der Waals surface area contributed by atoms with Gasteiger partial charge in [-0.15, -0.1) is 16.9 Å². The highest BCUT2D eigenvalue weighted by atomic mass is 32.2. The number of thiazole rings is 1. The molecule has 0 N–H and O–H groups in total. The van der Waals surface area contributed by atoms with E-state index in [1.54, 1.807) is 13.2 Å². The second-order valence-electron chi connectivity index (χ2n) is 9.63. The lowest BCUT2D eigenvalue weighted by molar-refractivity contribution is 0.415. The molecule has 0 aliphatic carbocycles. The first-order chi connectivity index (χ1) is 20.6. The van der Waals surface area contributed by atoms with Gasteiger partial charge in [0.25, 0.3) is 5.56 Å². The standard InChI is InChI=1S/C33H29N5O2S2/c1-3-4-20-41-28-17-13-24(14-18-28)31-25(22-37(36-31)26-8-6-5-7-9-26)21-29-32(39)38-33(42-29)34-30(35-38)19-12-23-10-15-27(40-2)16-11-23/h5-19,21-22H,3-4,20H2,1-2H3/b19-12+,29-21-. The summed E-state index contributed by atoms with van der Waals surface area (Å²) < 4.78 is 8.99. The molecule has 9 heteroatoms. The zero-order chi connectivity index (χ0) is 28.9. The van der Waals surface area contributed by atoms with Crippen molar-refractivity contribution < 1.29 is 4.74 Å². The van der Waals surface area contributed by atoms with Crippen molar-refractivity contribution >= 4 is 46.3 Å². The van der Waals surface area contributed by atoms with E-state index in [0.29, 0.717) is 15.3 Å². The third kappa shape index (κ3) is 6.07. The van der Waals surface area contributed by atoms with Gasteiger partial charge in [0.2, 0.25) is 4.96 Å². The summed E-state index contributed by atoms with van der Waals surface area (Å²) in [6.07, 6.45) is 9.96. The minimum absolute atomic E-state index is 0.201. The highest BCUT2D eigenvalue weighted by Crippen LogP contribution is 2.28. The third-order valence-electron chi connectivity index (χ3n) is 6.68. The number of rotatable bonds is 10. The van der Waals surface area contributed by atoms with E-state index in [4.69, 9.17) is 9.84 Å². The van der Waals surface area contributed by atoms with Gasteiger partial charge in [-0.05, 0) is 66.3 Å². The molecule has 0 spiro atoms. The van der Waals surface area contributed by atoms with Crippen LogP contribution >= 0.6 is 23.1 Å². The number of thioether (sulfide) groups is 1. The topological polar surface area (TPSA) is 74.3 Å². The van der Waals surface area contributed by atoms with Crippen LogP contribution < -0.4 is 14.8 Å². The van der Waals surface area contributed by atoms with Crippen molar-refractivity contribution in [2.75, 3.05) is 12.9 Å². The smallest absolute Gasteiger partial charge is 0.291 e. The van der Waals surface area contributed by atoms with E-state index < -0.39 is 0 Å². The number of methoxy groups -OCH3 is 1. The van der Waals surface area contributed by atoms with Crippen LogP contribution in [-0.4, -0.2) is 37.2 Å². The number of aromatic nitrogens is 5. The molecule has 0 radical (unpaired) electrons. The quantitative estimate of drug-likeness (QED) is 0.132. The number of benzene rings is 3. The molecule has 3 aromatic heterocycles. The Morgan fingerprint density at radius 1 is 0.952 bits per heavy atom. The van der Waals surface area contributed by atoms with Crippen molar-refractivity contribution in [1.29, 1.82) is 0 Å². The zero-order valence-electron chi connectivity index (χ0n) is 23.3. The van der Waals surface area contributed by atoms with Crippen molar-refractivity contribution in [1.82, 2.24) is 24.4 Å². The maximum atomic E-state index is 13.4. The monoisotopic (exact) mass is 591 g/mol. The molecular formula is C33H29N5O2S2.